The molecule has 228 valence electrons. The lowest BCUT2D eigenvalue weighted by Crippen LogP contribution is -2.44. The molecular weight excluding hydrogens is 500 g/mol. The van der Waals surface area contributed by atoms with E-state index in [1.165, 1.54) is 51.4 Å². The van der Waals surface area contributed by atoms with E-state index in [0.29, 0.717) is 19.3 Å². The van der Waals surface area contributed by atoms with E-state index in [0.717, 1.165) is 50.9 Å². The molecule has 0 amide bonds. The zero-order chi connectivity index (χ0) is 29.5. The van der Waals surface area contributed by atoms with Crippen LogP contribution in [0.4, 0.5) is 0 Å². The van der Waals surface area contributed by atoms with Crippen LogP contribution in [0.1, 0.15) is 156 Å². The Kier molecular flexibility index (Phi) is 21.7. The van der Waals surface area contributed by atoms with Crippen LogP contribution in [0, 0.1) is 5.92 Å². The van der Waals surface area contributed by atoms with E-state index >= 15 is 0 Å². The minimum Gasteiger partial charge on any atom is -0.481 e. The maximum atomic E-state index is 12.8. The Morgan fingerprint density at radius 1 is 0.667 bits per heavy atom. The lowest BCUT2D eigenvalue weighted by Gasteiger charge is -2.22. The Labute approximate surface area is 236 Å². The third kappa shape index (κ3) is 20.6. The van der Waals surface area contributed by atoms with Crippen molar-refractivity contribution in [3.63, 3.8) is 0 Å². The summed E-state index contributed by atoms with van der Waals surface area (Å²) < 4.78 is 5.33. The van der Waals surface area contributed by atoms with Crippen LogP contribution in [0.2, 0.25) is 0 Å². The van der Waals surface area contributed by atoms with E-state index in [2.05, 4.69) is 20.8 Å². The third-order valence-corrected chi connectivity index (χ3v) is 7.19. The predicted molar refractivity (Wildman–Crippen MR) is 153 cm³/mol. The van der Waals surface area contributed by atoms with E-state index in [1.54, 1.807) is 0 Å². The number of rotatable bonds is 27. The normalized spacial score (nSPS) is 13.7. The molecule has 0 aliphatic carbocycles. The van der Waals surface area contributed by atoms with Gasteiger partial charge in [0.05, 0.1) is 12.8 Å². The molecule has 0 fully saturated rings. The molecule has 8 nitrogen and oxygen atoms in total. The molecule has 2 unspecified atom stereocenters. The van der Waals surface area contributed by atoms with Gasteiger partial charge in [-0.15, -0.1) is 0 Å². The van der Waals surface area contributed by atoms with Crippen LogP contribution in [0.3, 0.4) is 0 Å². The summed E-state index contributed by atoms with van der Waals surface area (Å²) in [5.41, 5.74) is -2.77. The predicted octanol–water partition coefficient (Wildman–Crippen LogP) is 7.24. The largest absolute Gasteiger partial charge is 0.481 e. The van der Waals surface area contributed by atoms with Gasteiger partial charge in [0.25, 0.3) is 0 Å². The fourth-order valence-electron chi connectivity index (χ4n) is 4.73. The van der Waals surface area contributed by atoms with E-state index in [-0.39, 0.29) is 12.2 Å². The zero-order valence-corrected chi connectivity index (χ0v) is 24.9. The number of carbonyl (C=O) groups excluding carboxylic acids is 2. The van der Waals surface area contributed by atoms with Gasteiger partial charge in [-0.2, -0.15) is 0 Å². The molecule has 0 spiro atoms. The van der Waals surface area contributed by atoms with Gasteiger partial charge in [0.15, 0.2) is 17.5 Å². The fraction of sp³-hybridized carbons (Fsp3) is 0.871. The molecule has 39 heavy (non-hydrogen) atoms. The monoisotopic (exact) mass is 556 g/mol. The number of aliphatic hydroxyl groups is 1. The van der Waals surface area contributed by atoms with Crippen molar-refractivity contribution in [1.82, 2.24) is 0 Å². The van der Waals surface area contributed by atoms with Crippen LogP contribution < -0.4 is 0 Å². The molecule has 0 aliphatic rings. The molecule has 0 aromatic carbocycles. The number of aliphatic carboxylic acids is 2. The summed E-state index contributed by atoms with van der Waals surface area (Å²) in [4.78, 5) is 47.6. The number of esters is 1. The van der Waals surface area contributed by atoms with Crippen LogP contribution >= 0.6 is 0 Å². The number of ether oxygens (including phenoxy) is 1. The maximum Gasteiger partial charge on any atom is 0.336 e. The van der Waals surface area contributed by atoms with Crippen molar-refractivity contribution in [3.05, 3.63) is 0 Å². The quantitative estimate of drug-likeness (QED) is 0.0711. The second-order valence-corrected chi connectivity index (χ2v) is 11.6. The molecule has 0 aliphatic heterocycles. The summed E-state index contributed by atoms with van der Waals surface area (Å²) in [5.74, 6) is -3.84. The number of carboxylic acid groups (broad SMARTS) is 2. The SMILES string of the molecule is CCCCCCCC(=O)C(CCCCCCCCCCCCCC(C)C)OC(=O)CC(O)(CC(=O)O)C(=O)O. The number of unbranched alkanes of at least 4 members (excludes halogenated alkanes) is 14. The van der Waals surface area contributed by atoms with Crippen molar-refractivity contribution < 1.29 is 39.2 Å². The number of carbonyl (C=O) groups is 4. The van der Waals surface area contributed by atoms with Gasteiger partial charge in [-0.3, -0.25) is 14.4 Å². The van der Waals surface area contributed by atoms with Crippen molar-refractivity contribution in [2.24, 2.45) is 5.92 Å². The molecule has 0 saturated heterocycles. The highest BCUT2D eigenvalue weighted by Gasteiger charge is 2.42. The first-order valence-electron chi connectivity index (χ1n) is 15.4. The molecule has 0 bridgehead atoms. The molecule has 0 saturated carbocycles. The van der Waals surface area contributed by atoms with Crippen LogP contribution in [0.15, 0.2) is 0 Å². The average molecular weight is 557 g/mol. The van der Waals surface area contributed by atoms with Gasteiger partial charge in [-0.25, -0.2) is 4.79 Å². The highest BCUT2D eigenvalue weighted by atomic mass is 16.5. The van der Waals surface area contributed by atoms with Crippen LogP contribution in [0.5, 0.6) is 0 Å². The van der Waals surface area contributed by atoms with E-state index in [9.17, 15) is 29.4 Å². The molecule has 3 N–H and O–H groups in total. The van der Waals surface area contributed by atoms with Gasteiger partial charge >= 0.3 is 17.9 Å². The second kappa shape index (κ2) is 22.8. The van der Waals surface area contributed by atoms with Crippen molar-refractivity contribution >= 4 is 23.7 Å². The van der Waals surface area contributed by atoms with Crippen molar-refractivity contribution in [3.8, 4) is 0 Å². The summed E-state index contributed by atoms with van der Waals surface area (Å²) in [7, 11) is 0. The summed E-state index contributed by atoms with van der Waals surface area (Å²) in [5, 5.41) is 28.3. The number of carboxylic acids is 2. The van der Waals surface area contributed by atoms with Gasteiger partial charge in [-0.05, 0) is 25.2 Å². The van der Waals surface area contributed by atoms with Gasteiger partial charge in [0.1, 0.15) is 0 Å². The number of hydrogen-bond acceptors (Lipinski definition) is 6. The van der Waals surface area contributed by atoms with E-state index in [4.69, 9.17) is 9.84 Å². The Morgan fingerprint density at radius 3 is 1.59 bits per heavy atom. The van der Waals surface area contributed by atoms with Crippen molar-refractivity contribution in [2.75, 3.05) is 0 Å². The molecule has 0 aromatic rings. The lowest BCUT2D eigenvalue weighted by atomic mass is 9.95. The molecule has 0 radical (unpaired) electrons. The highest BCUT2D eigenvalue weighted by molar-refractivity contribution is 5.90. The second-order valence-electron chi connectivity index (χ2n) is 11.6. The molecule has 2 atom stereocenters. The Balaban J connectivity index is 4.51. The maximum absolute atomic E-state index is 12.8. The van der Waals surface area contributed by atoms with Crippen LogP contribution in [-0.2, 0) is 23.9 Å². The molecular formula is C31H56O8. The topological polar surface area (TPSA) is 138 Å². The van der Waals surface area contributed by atoms with E-state index in [1.807, 2.05) is 0 Å². The number of Topliss-reactive ketones (excluding diaryl/α,β-unsaturated/α-hetero) is 1. The number of hydrogen-bond donors (Lipinski definition) is 3. The minimum absolute atomic E-state index is 0.203. The van der Waals surface area contributed by atoms with Crippen LogP contribution in [-0.4, -0.2) is 50.7 Å². The smallest absolute Gasteiger partial charge is 0.336 e. The first-order chi connectivity index (χ1) is 18.5. The molecule has 0 aromatic heterocycles. The number of ketones is 1. The first-order valence-corrected chi connectivity index (χ1v) is 15.4. The van der Waals surface area contributed by atoms with E-state index < -0.39 is 42.5 Å². The summed E-state index contributed by atoms with van der Waals surface area (Å²) >= 11 is 0. The fourth-order valence-corrected chi connectivity index (χ4v) is 4.73. The van der Waals surface area contributed by atoms with Gasteiger partial charge < -0.3 is 20.1 Å². The lowest BCUT2D eigenvalue weighted by molar-refractivity contribution is -0.174. The third-order valence-electron chi connectivity index (χ3n) is 7.19. The minimum atomic E-state index is -2.77. The highest BCUT2D eigenvalue weighted by Crippen LogP contribution is 2.21. The first kappa shape index (κ1) is 37.0. The Morgan fingerprint density at radius 2 is 1.13 bits per heavy atom. The summed E-state index contributed by atoms with van der Waals surface area (Å²) in [6.07, 6.45) is 16.4. The zero-order valence-electron chi connectivity index (χ0n) is 24.9. The van der Waals surface area contributed by atoms with Crippen molar-refractivity contribution in [2.45, 2.75) is 167 Å². The van der Waals surface area contributed by atoms with Gasteiger partial charge in [0.2, 0.25) is 0 Å². The molecule has 0 heterocycles. The Hall–Kier alpha value is -1.96. The van der Waals surface area contributed by atoms with Crippen LogP contribution in [0.25, 0.3) is 0 Å². The summed E-state index contributed by atoms with van der Waals surface area (Å²) in [6, 6.07) is 0. The van der Waals surface area contributed by atoms with Gasteiger partial charge in [0, 0.05) is 6.42 Å². The molecule has 8 heteroatoms. The standard InChI is InChI=1S/C31H56O8/c1-4-5-6-14-18-21-26(32)27(39-29(35)24-31(38,30(36)37)23-28(33)34)22-19-16-13-11-9-7-8-10-12-15-17-20-25(2)3/h25,27,38H,4-24H2,1-3H3,(H,33,34)(H,36,37). The average Bonchev–Trinajstić information content (AvgIpc) is 2.84. The van der Waals surface area contributed by atoms with Gasteiger partial charge in [-0.1, -0.05) is 117 Å². The summed E-state index contributed by atoms with van der Waals surface area (Å²) in [6.45, 7) is 6.65. The Bertz CT molecular complexity index is 690. The van der Waals surface area contributed by atoms with Crippen molar-refractivity contribution in [1.29, 1.82) is 0 Å². The molecule has 0 rings (SSSR count).